The molecule has 1 fully saturated rings. The Morgan fingerprint density at radius 1 is 1.32 bits per heavy atom. The summed E-state index contributed by atoms with van der Waals surface area (Å²) in [4.78, 5) is 0. The Bertz CT molecular complexity index is 421. The summed E-state index contributed by atoms with van der Waals surface area (Å²) in [5, 5.41) is 4.45. The minimum atomic E-state index is 0.604. The van der Waals surface area contributed by atoms with Gasteiger partial charge in [-0.2, -0.15) is 0 Å². The van der Waals surface area contributed by atoms with E-state index in [9.17, 15) is 0 Å². The normalized spacial score (nSPS) is 27.3. The first-order valence-electron chi connectivity index (χ1n) is 7.17. The van der Waals surface area contributed by atoms with Gasteiger partial charge in [-0.15, -0.1) is 0 Å². The van der Waals surface area contributed by atoms with Crippen LogP contribution in [-0.4, -0.2) is 13.2 Å². The highest BCUT2D eigenvalue weighted by Gasteiger charge is 2.26. The maximum Gasteiger partial charge on any atom is 0.123 e. The second-order valence-electron chi connectivity index (χ2n) is 5.71. The molecule has 0 aromatic heterocycles. The molecule has 0 saturated heterocycles. The summed E-state index contributed by atoms with van der Waals surface area (Å²) in [6.07, 6.45) is 3.96. The van der Waals surface area contributed by atoms with Gasteiger partial charge in [0.15, 0.2) is 0 Å². The highest BCUT2D eigenvalue weighted by molar-refractivity contribution is 6.30. The van der Waals surface area contributed by atoms with Crippen LogP contribution in [-0.2, 0) is 6.54 Å². The lowest BCUT2D eigenvalue weighted by atomic mass is 9.78. The predicted octanol–water partition coefficient (Wildman–Crippen LogP) is 4.26. The Morgan fingerprint density at radius 3 is 2.84 bits per heavy atom. The van der Waals surface area contributed by atoms with Crippen molar-refractivity contribution >= 4 is 11.6 Å². The van der Waals surface area contributed by atoms with Gasteiger partial charge in [-0.05, 0) is 36.5 Å². The monoisotopic (exact) mass is 281 g/mol. The zero-order chi connectivity index (χ0) is 13.8. The lowest BCUT2D eigenvalue weighted by molar-refractivity contribution is 0.205. The fourth-order valence-electron chi connectivity index (χ4n) is 3.00. The first kappa shape index (κ1) is 14.7. The summed E-state index contributed by atoms with van der Waals surface area (Å²) in [5.74, 6) is 2.46. The molecule has 0 spiro atoms. The molecule has 0 amide bonds. The maximum atomic E-state index is 6.06. The van der Waals surface area contributed by atoms with E-state index in [1.165, 1.54) is 19.3 Å². The van der Waals surface area contributed by atoms with E-state index in [1.807, 2.05) is 18.2 Å². The SMILES string of the molecule is COc1ccc(Cl)cc1CNC1CCCC(C)C1C. The molecular formula is C16H24ClNO. The zero-order valence-electron chi connectivity index (χ0n) is 12.1. The van der Waals surface area contributed by atoms with Crippen molar-refractivity contribution in [3.8, 4) is 5.75 Å². The second-order valence-corrected chi connectivity index (χ2v) is 6.15. The Hall–Kier alpha value is -0.730. The van der Waals surface area contributed by atoms with Gasteiger partial charge in [-0.1, -0.05) is 38.3 Å². The van der Waals surface area contributed by atoms with Crippen molar-refractivity contribution in [2.24, 2.45) is 11.8 Å². The molecule has 0 bridgehead atoms. The summed E-state index contributed by atoms with van der Waals surface area (Å²) in [6.45, 7) is 5.54. The Kier molecular flexibility index (Phi) is 5.12. The first-order valence-corrected chi connectivity index (χ1v) is 7.55. The largest absolute Gasteiger partial charge is 0.496 e. The molecule has 0 radical (unpaired) electrons. The van der Waals surface area contributed by atoms with Crippen LogP contribution in [0.1, 0.15) is 38.7 Å². The molecule has 1 aliphatic rings. The van der Waals surface area contributed by atoms with Gasteiger partial charge >= 0.3 is 0 Å². The van der Waals surface area contributed by atoms with Crippen LogP contribution < -0.4 is 10.1 Å². The quantitative estimate of drug-likeness (QED) is 0.890. The predicted molar refractivity (Wildman–Crippen MR) is 80.8 cm³/mol. The number of benzene rings is 1. The molecule has 0 heterocycles. The Balaban J connectivity index is 2.00. The Morgan fingerprint density at radius 2 is 2.11 bits per heavy atom. The van der Waals surface area contributed by atoms with Crippen molar-refractivity contribution in [3.05, 3.63) is 28.8 Å². The van der Waals surface area contributed by atoms with Gasteiger partial charge in [0.25, 0.3) is 0 Å². The van der Waals surface area contributed by atoms with Crippen LogP contribution in [0.3, 0.4) is 0 Å². The topological polar surface area (TPSA) is 21.3 Å². The van der Waals surface area contributed by atoms with Gasteiger partial charge in [-0.25, -0.2) is 0 Å². The van der Waals surface area contributed by atoms with Crippen LogP contribution in [0, 0.1) is 11.8 Å². The Labute approximate surface area is 121 Å². The number of rotatable bonds is 4. The van der Waals surface area contributed by atoms with E-state index in [0.717, 1.165) is 34.7 Å². The van der Waals surface area contributed by atoms with Crippen molar-refractivity contribution < 1.29 is 4.74 Å². The smallest absolute Gasteiger partial charge is 0.123 e. The molecule has 2 nitrogen and oxygen atoms in total. The number of hydrogen-bond acceptors (Lipinski definition) is 2. The summed E-state index contributed by atoms with van der Waals surface area (Å²) in [6, 6.07) is 6.40. The van der Waals surface area contributed by atoms with Crippen LogP contribution in [0.25, 0.3) is 0 Å². The third kappa shape index (κ3) is 3.64. The van der Waals surface area contributed by atoms with Crippen LogP contribution in [0.2, 0.25) is 5.02 Å². The average molecular weight is 282 g/mol. The molecule has 1 N–H and O–H groups in total. The third-order valence-electron chi connectivity index (χ3n) is 4.50. The lowest BCUT2D eigenvalue weighted by Crippen LogP contribution is -2.40. The molecule has 106 valence electrons. The van der Waals surface area contributed by atoms with Gasteiger partial charge in [-0.3, -0.25) is 0 Å². The second kappa shape index (κ2) is 6.62. The molecular weight excluding hydrogens is 258 g/mol. The van der Waals surface area contributed by atoms with Crippen molar-refractivity contribution in [1.82, 2.24) is 5.32 Å². The van der Waals surface area contributed by atoms with Crippen LogP contribution >= 0.6 is 11.6 Å². The van der Waals surface area contributed by atoms with Crippen LogP contribution in [0.5, 0.6) is 5.75 Å². The van der Waals surface area contributed by atoms with Crippen LogP contribution in [0.4, 0.5) is 0 Å². The lowest BCUT2D eigenvalue weighted by Gasteiger charge is -2.35. The molecule has 19 heavy (non-hydrogen) atoms. The average Bonchev–Trinajstić information content (AvgIpc) is 2.40. The van der Waals surface area contributed by atoms with Gasteiger partial charge in [0.05, 0.1) is 7.11 Å². The summed E-state index contributed by atoms with van der Waals surface area (Å²) in [7, 11) is 1.71. The van der Waals surface area contributed by atoms with E-state index >= 15 is 0 Å². The molecule has 0 aliphatic heterocycles. The highest BCUT2D eigenvalue weighted by Crippen LogP contribution is 2.30. The number of nitrogens with one attached hydrogen (secondary N) is 1. The van der Waals surface area contributed by atoms with Crippen molar-refractivity contribution in [2.75, 3.05) is 7.11 Å². The van der Waals surface area contributed by atoms with E-state index in [0.29, 0.717) is 6.04 Å². The standard InChI is InChI=1S/C16H24ClNO/c1-11-5-4-6-15(12(11)2)18-10-13-9-14(17)7-8-16(13)19-3/h7-9,11-12,15,18H,4-6,10H2,1-3H3. The molecule has 1 aromatic rings. The van der Waals surface area contributed by atoms with E-state index < -0.39 is 0 Å². The van der Waals surface area contributed by atoms with Gasteiger partial charge in [0.2, 0.25) is 0 Å². The molecule has 3 atom stereocenters. The molecule has 3 unspecified atom stereocenters. The minimum Gasteiger partial charge on any atom is -0.496 e. The van der Waals surface area contributed by atoms with Gasteiger partial charge < -0.3 is 10.1 Å². The van der Waals surface area contributed by atoms with Crippen molar-refractivity contribution in [2.45, 2.75) is 45.7 Å². The molecule has 1 saturated carbocycles. The zero-order valence-corrected chi connectivity index (χ0v) is 12.8. The summed E-state index contributed by atoms with van der Waals surface area (Å²) >= 11 is 6.06. The van der Waals surface area contributed by atoms with E-state index in [-0.39, 0.29) is 0 Å². The fraction of sp³-hybridized carbons (Fsp3) is 0.625. The van der Waals surface area contributed by atoms with Crippen LogP contribution in [0.15, 0.2) is 18.2 Å². The first-order chi connectivity index (χ1) is 9.11. The maximum absolute atomic E-state index is 6.06. The number of ether oxygens (including phenoxy) is 1. The number of methoxy groups -OCH3 is 1. The third-order valence-corrected chi connectivity index (χ3v) is 4.74. The van der Waals surface area contributed by atoms with Gasteiger partial charge in [0.1, 0.15) is 5.75 Å². The van der Waals surface area contributed by atoms with Gasteiger partial charge in [0, 0.05) is 23.2 Å². The van der Waals surface area contributed by atoms with E-state index in [2.05, 4.69) is 19.2 Å². The molecule has 1 aromatic carbocycles. The highest BCUT2D eigenvalue weighted by atomic mass is 35.5. The fourth-order valence-corrected chi connectivity index (χ4v) is 3.19. The van der Waals surface area contributed by atoms with Crippen molar-refractivity contribution in [1.29, 1.82) is 0 Å². The van der Waals surface area contributed by atoms with E-state index in [4.69, 9.17) is 16.3 Å². The number of hydrogen-bond donors (Lipinski definition) is 1. The molecule has 2 rings (SSSR count). The molecule has 3 heteroatoms. The minimum absolute atomic E-state index is 0.604. The van der Waals surface area contributed by atoms with Crippen molar-refractivity contribution in [3.63, 3.8) is 0 Å². The summed E-state index contributed by atoms with van der Waals surface area (Å²) in [5.41, 5.74) is 1.14. The molecule has 1 aliphatic carbocycles. The number of halogens is 1. The summed E-state index contributed by atoms with van der Waals surface area (Å²) < 4.78 is 5.39. The van der Waals surface area contributed by atoms with E-state index in [1.54, 1.807) is 7.11 Å².